The quantitative estimate of drug-likeness (QED) is 0.307. The zero-order valence-electron chi connectivity index (χ0n) is 16.7. The number of alkyl halides is 1. The summed E-state index contributed by atoms with van der Waals surface area (Å²) < 4.78 is 5.79. The SMILES string of the molecule is CC1C=CC(Cl)C(C2=NC(c3ccc(OCC4CC4)cc3)=C=CC(O)=N2)=CC1C=O. The number of aldehydes is 1. The van der Waals surface area contributed by atoms with Crippen LogP contribution in [0.3, 0.4) is 0 Å². The Morgan fingerprint density at radius 3 is 2.70 bits per heavy atom. The van der Waals surface area contributed by atoms with Gasteiger partial charge in [0.2, 0.25) is 5.90 Å². The molecular weight excluding hydrogens is 400 g/mol. The van der Waals surface area contributed by atoms with E-state index in [1.165, 1.54) is 18.9 Å². The minimum atomic E-state index is -0.509. The zero-order chi connectivity index (χ0) is 21.1. The molecule has 0 saturated heterocycles. The lowest BCUT2D eigenvalue weighted by Crippen LogP contribution is -2.14. The minimum absolute atomic E-state index is 0.0153. The van der Waals surface area contributed by atoms with Crippen molar-refractivity contribution in [2.45, 2.75) is 25.1 Å². The van der Waals surface area contributed by atoms with Crippen molar-refractivity contribution in [2.24, 2.45) is 27.7 Å². The van der Waals surface area contributed by atoms with Crippen molar-refractivity contribution in [3.8, 4) is 5.75 Å². The fourth-order valence-corrected chi connectivity index (χ4v) is 3.49. The van der Waals surface area contributed by atoms with Crippen LogP contribution in [0.25, 0.3) is 5.70 Å². The van der Waals surface area contributed by atoms with Gasteiger partial charge in [0.05, 0.1) is 12.0 Å². The summed E-state index contributed by atoms with van der Waals surface area (Å²) in [5.41, 5.74) is 4.89. The normalized spacial score (nSPS) is 26.0. The third-order valence-corrected chi connectivity index (χ3v) is 5.74. The number of ether oxygens (including phenoxy) is 1. The molecule has 1 aromatic rings. The van der Waals surface area contributed by atoms with Crippen molar-refractivity contribution < 1.29 is 14.6 Å². The van der Waals surface area contributed by atoms with Gasteiger partial charge in [-0.2, -0.15) is 4.99 Å². The van der Waals surface area contributed by atoms with Gasteiger partial charge in [-0.25, -0.2) is 4.99 Å². The van der Waals surface area contributed by atoms with E-state index in [1.54, 1.807) is 6.08 Å². The lowest BCUT2D eigenvalue weighted by molar-refractivity contribution is -0.110. The number of carbonyl (C=O) groups excluding carboxylic acids is 1. The summed E-state index contributed by atoms with van der Waals surface area (Å²) in [7, 11) is 0. The van der Waals surface area contributed by atoms with Gasteiger partial charge in [0, 0.05) is 23.1 Å². The highest BCUT2D eigenvalue weighted by Gasteiger charge is 2.24. The Kier molecular flexibility index (Phi) is 6.03. The first-order chi connectivity index (χ1) is 14.5. The van der Waals surface area contributed by atoms with Gasteiger partial charge in [-0.3, -0.25) is 0 Å². The number of aliphatic hydroxyl groups excluding tert-OH is 1. The molecule has 0 bridgehead atoms. The van der Waals surface area contributed by atoms with Crippen molar-refractivity contribution in [1.82, 2.24) is 0 Å². The summed E-state index contributed by atoms with van der Waals surface area (Å²) in [6.45, 7) is 2.70. The molecule has 1 saturated carbocycles. The molecule has 4 rings (SSSR count). The molecule has 30 heavy (non-hydrogen) atoms. The number of carbonyl (C=O) groups is 1. The molecule has 0 aromatic heterocycles. The zero-order valence-corrected chi connectivity index (χ0v) is 17.4. The van der Waals surface area contributed by atoms with Crippen LogP contribution in [0.4, 0.5) is 0 Å². The topological polar surface area (TPSA) is 71.2 Å². The number of hydrogen-bond donors (Lipinski definition) is 1. The molecule has 5 nitrogen and oxygen atoms in total. The molecule has 1 heterocycles. The Morgan fingerprint density at radius 2 is 2.00 bits per heavy atom. The molecule has 0 radical (unpaired) electrons. The highest BCUT2D eigenvalue weighted by molar-refractivity contribution is 6.28. The van der Waals surface area contributed by atoms with Crippen LogP contribution in [0.15, 0.2) is 69.9 Å². The summed E-state index contributed by atoms with van der Waals surface area (Å²) in [5, 5.41) is 9.61. The summed E-state index contributed by atoms with van der Waals surface area (Å²) in [5.74, 6) is 1.22. The van der Waals surface area contributed by atoms with E-state index in [2.05, 4.69) is 15.7 Å². The molecule has 1 N–H and O–H groups in total. The first-order valence-corrected chi connectivity index (χ1v) is 10.5. The molecule has 3 atom stereocenters. The Morgan fingerprint density at radius 1 is 1.23 bits per heavy atom. The molecule has 2 aliphatic carbocycles. The highest BCUT2D eigenvalue weighted by atomic mass is 35.5. The number of aliphatic hydroxyl groups is 1. The fourth-order valence-electron chi connectivity index (χ4n) is 3.24. The van der Waals surface area contributed by atoms with E-state index in [4.69, 9.17) is 16.3 Å². The van der Waals surface area contributed by atoms with Gasteiger partial charge in [-0.15, -0.1) is 11.6 Å². The molecule has 0 spiro atoms. The predicted octanol–water partition coefficient (Wildman–Crippen LogP) is 4.89. The fraction of sp³-hybridized carbons (Fsp3) is 0.333. The number of aliphatic imine (C=N–C) groups is 2. The maximum Gasteiger partial charge on any atom is 0.220 e. The molecule has 1 aromatic carbocycles. The van der Waals surface area contributed by atoms with Crippen LogP contribution in [-0.4, -0.2) is 35.1 Å². The van der Waals surface area contributed by atoms with Gasteiger partial charge in [0.15, 0.2) is 5.84 Å². The summed E-state index contributed by atoms with van der Waals surface area (Å²) >= 11 is 6.53. The van der Waals surface area contributed by atoms with Gasteiger partial charge in [0.1, 0.15) is 17.7 Å². The van der Waals surface area contributed by atoms with Gasteiger partial charge < -0.3 is 14.6 Å². The molecule has 154 valence electrons. The second-order valence-electron chi connectivity index (χ2n) is 7.80. The van der Waals surface area contributed by atoms with Crippen LogP contribution in [0.1, 0.15) is 25.3 Å². The number of allylic oxidation sites excluding steroid dienone is 3. The van der Waals surface area contributed by atoms with E-state index in [0.29, 0.717) is 17.2 Å². The van der Waals surface area contributed by atoms with Gasteiger partial charge in [-0.05, 0) is 48.9 Å². The third kappa shape index (κ3) is 4.81. The largest absolute Gasteiger partial charge is 0.493 e. The summed E-state index contributed by atoms with van der Waals surface area (Å²) in [6.07, 6.45) is 10.3. The molecular formula is C24H23ClN2O3. The smallest absolute Gasteiger partial charge is 0.220 e. The van der Waals surface area contributed by atoms with Crippen molar-refractivity contribution in [2.75, 3.05) is 6.61 Å². The Labute approximate surface area is 180 Å². The van der Waals surface area contributed by atoms with Crippen LogP contribution in [-0.2, 0) is 4.79 Å². The van der Waals surface area contributed by atoms with Crippen LogP contribution < -0.4 is 4.74 Å². The Hall–Kier alpha value is -2.88. The summed E-state index contributed by atoms with van der Waals surface area (Å²) in [6, 6.07) is 7.60. The first kappa shape index (κ1) is 20.4. The second-order valence-corrected chi connectivity index (χ2v) is 8.27. The Balaban J connectivity index is 1.64. The monoisotopic (exact) mass is 422 g/mol. The standard InChI is InChI=1S/C24H23ClN2O3/c1-15-2-9-21(25)20(12-18(15)13-28)24-26-22(10-11-23(29)27-24)17-5-7-19(8-6-17)30-14-16-3-4-16/h2,5-9,11-13,15-16,18,21H,3-4,14H2,1H3,(H,26,27,29). The van der Waals surface area contributed by atoms with E-state index in [0.717, 1.165) is 24.2 Å². The van der Waals surface area contributed by atoms with E-state index in [-0.39, 0.29) is 23.6 Å². The van der Waals surface area contributed by atoms with Crippen LogP contribution in [0.5, 0.6) is 5.75 Å². The number of nitrogens with zero attached hydrogens (tertiary/aromatic N) is 2. The van der Waals surface area contributed by atoms with Crippen LogP contribution in [0.2, 0.25) is 0 Å². The number of amidine groups is 1. The maximum atomic E-state index is 11.5. The number of benzene rings is 1. The van der Waals surface area contributed by atoms with E-state index >= 15 is 0 Å². The highest BCUT2D eigenvalue weighted by Crippen LogP contribution is 2.30. The maximum absolute atomic E-state index is 11.5. The van der Waals surface area contributed by atoms with E-state index in [1.807, 2.05) is 43.3 Å². The number of halogens is 1. The van der Waals surface area contributed by atoms with Gasteiger partial charge in [0.25, 0.3) is 0 Å². The minimum Gasteiger partial charge on any atom is -0.493 e. The van der Waals surface area contributed by atoms with Crippen molar-refractivity contribution >= 4 is 35.3 Å². The van der Waals surface area contributed by atoms with Gasteiger partial charge >= 0.3 is 0 Å². The van der Waals surface area contributed by atoms with Crippen molar-refractivity contribution in [3.63, 3.8) is 0 Å². The van der Waals surface area contributed by atoms with Crippen molar-refractivity contribution in [1.29, 1.82) is 0 Å². The van der Waals surface area contributed by atoms with E-state index < -0.39 is 5.38 Å². The first-order valence-electron chi connectivity index (χ1n) is 10.1. The molecule has 1 fully saturated rings. The van der Waals surface area contributed by atoms with Crippen LogP contribution in [0, 0.1) is 17.8 Å². The molecule has 0 amide bonds. The average Bonchev–Trinajstić information content (AvgIpc) is 3.59. The number of rotatable bonds is 6. The van der Waals surface area contributed by atoms with Crippen molar-refractivity contribution in [3.05, 3.63) is 65.4 Å². The van der Waals surface area contributed by atoms with Gasteiger partial charge in [-0.1, -0.05) is 30.9 Å². The predicted molar refractivity (Wildman–Crippen MR) is 119 cm³/mol. The number of hydrogen-bond acceptors (Lipinski definition) is 4. The second kappa shape index (κ2) is 8.86. The Bertz CT molecular complexity index is 1010. The lowest BCUT2D eigenvalue weighted by Gasteiger charge is -2.12. The lowest BCUT2D eigenvalue weighted by atomic mass is 9.95. The molecule has 3 aliphatic rings. The summed E-state index contributed by atoms with van der Waals surface area (Å²) in [4.78, 5) is 20.3. The molecule has 3 unspecified atom stereocenters. The van der Waals surface area contributed by atoms with Crippen LogP contribution >= 0.6 is 11.6 Å². The van der Waals surface area contributed by atoms with E-state index in [9.17, 15) is 9.90 Å². The average molecular weight is 423 g/mol. The molecule has 1 aliphatic heterocycles. The molecule has 6 heteroatoms. The third-order valence-electron chi connectivity index (χ3n) is 5.36.